The van der Waals surface area contributed by atoms with E-state index in [0.29, 0.717) is 23.6 Å². The van der Waals surface area contributed by atoms with E-state index in [4.69, 9.17) is 0 Å². The lowest BCUT2D eigenvalue weighted by Gasteiger charge is -2.32. The van der Waals surface area contributed by atoms with Gasteiger partial charge in [0.15, 0.2) is 0 Å². The minimum absolute atomic E-state index is 0.208. The van der Waals surface area contributed by atoms with Crippen LogP contribution in [0.25, 0.3) is 11.4 Å². The Morgan fingerprint density at radius 2 is 1.57 bits per heavy atom. The van der Waals surface area contributed by atoms with Crippen molar-refractivity contribution in [1.82, 2.24) is 30.5 Å². The molecule has 0 radical (unpaired) electrons. The molecule has 200 valence electrons. The molecule has 0 saturated heterocycles. The van der Waals surface area contributed by atoms with E-state index in [1.807, 2.05) is 92.7 Å². The topological polar surface area (TPSA) is 106 Å². The van der Waals surface area contributed by atoms with E-state index < -0.39 is 6.04 Å². The van der Waals surface area contributed by atoms with E-state index in [0.717, 1.165) is 22.3 Å². The monoisotopic (exact) mass is 531 g/mol. The number of hydrogen-bond acceptors (Lipinski definition) is 6. The molecule has 2 heterocycles. The molecule has 0 aliphatic heterocycles. The highest BCUT2D eigenvalue weighted by Gasteiger charge is 2.34. The quantitative estimate of drug-likeness (QED) is 0.301. The van der Waals surface area contributed by atoms with Crippen molar-refractivity contribution in [2.24, 2.45) is 0 Å². The van der Waals surface area contributed by atoms with Gasteiger partial charge in [0.05, 0.1) is 0 Å². The summed E-state index contributed by atoms with van der Waals surface area (Å²) in [6.07, 6.45) is 3.22. The fourth-order valence-electron chi connectivity index (χ4n) is 4.42. The van der Waals surface area contributed by atoms with Crippen molar-refractivity contribution in [3.05, 3.63) is 126 Å². The van der Waals surface area contributed by atoms with Gasteiger partial charge >= 0.3 is 0 Å². The number of aromatic nitrogens is 5. The molecule has 2 amide bonds. The summed E-state index contributed by atoms with van der Waals surface area (Å²) in [5.41, 5.74) is 4.96. The first kappa shape index (κ1) is 26.4. The highest BCUT2D eigenvalue weighted by Crippen LogP contribution is 2.30. The zero-order chi connectivity index (χ0) is 27.9. The first-order valence-electron chi connectivity index (χ1n) is 12.9. The average molecular weight is 532 g/mol. The van der Waals surface area contributed by atoms with Gasteiger partial charge in [-0.1, -0.05) is 78.4 Å². The zero-order valence-electron chi connectivity index (χ0n) is 22.3. The van der Waals surface area contributed by atoms with Gasteiger partial charge < -0.3 is 5.32 Å². The number of benzene rings is 3. The Bertz CT molecular complexity index is 1590. The van der Waals surface area contributed by atoms with Crippen LogP contribution in [-0.2, 0) is 22.7 Å². The molecule has 0 bridgehead atoms. The van der Waals surface area contributed by atoms with Crippen LogP contribution in [0.2, 0.25) is 0 Å². The molecule has 5 rings (SSSR count). The number of hydrogen-bond donors (Lipinski definition) is 1. The molecule has 0 aliphatic carbocycles. The van der Waals surface area contributed by atoms with Crippen LogP contribution in [0.3, 0.4) is 0 Å². The third-order valence-corrected chi connectivity index (χ3v) is 6.52. The van der Waals surface area contributed by atoms with Gasteiger partial charge in [0, 0.05) is 30.2 Å². The number of rotatable bonds is 9. The summed E-state index contributed by atoms with van der Waals surface area (Å²) in [5.74, 6) is -0.265. The van der Waals surface area contributed by atoms with Gasteiger partial charge in [-0.2, -0.15) is 4.80 Å². The van der Waals surface area contributed by atoms with Crippen LogP contribution >= 0.6 is 0 Å². The van der Waals surface area contributed by atoms with Crippen molar-refractivity contribution in [2.75, 3.05) is 4.90 Å². The number of aryl methyl sites for hydroxylation is 2. The van der Waals surface area contributed by atoms with Crippen LogP contribution in [0.15, 0.2) is 103 Å². The maximum Gasteiger partial charge on any atom is 0.251 e. The zero-order valence-corrected chi connectivity index (χ0v) is 22.3. The van der Waals surface area contributed by atoms with E-state index in [-0.39, 0.29) is 18.4 Å². The number of pyridine rings is 1. The van der Waals surface area contributed by atoms with Crippen LogP contribution < -0.4 is 10.2 Å². The molecule has 1 atom stereocenters. The lowest BCUT2D eigenvalue weighted by molar-refractivity contribution is -0.127. The Morgan fingerprint density at radius 1 is 0.875 bits per heavy atom. The van der Waals surface area contributed by atoms with Crippen molar-refractivity contribution in [3.8, 4) is 11.4 Å². The normalized spacial score (nSPS) is 11.6. The molecule has 9 heteroatoms. The largest absolute Gasteiger partial charge is 0.350 e. The van der Waals surface area contributed by atoms with Crippen LogP contribution in [0.4, 0.5) is 5.69 Å². The maximum absolute atomic E-state index is 14.1. The Morgan fingerprint density at radius 3 is 2.30 bits per heavy atom. The molecule has 0 aliphatic rings. The fourth-order valence-corrected chi connectivity index (χ4v) is 4.42. The molecule has 3 aromatic carbocycles. The predicted molar refractivity (Wildman–Crippen MR) is 152 cm³/mol. The number of carbonyl (C=O) groups is 2. The summed E-state index contributed by atoms with van der Waals surface area (Å²) in [4.78, 5) is 34.8. The number of para-hydroxylation sites is 1. The van der Waals surface area contributed by atoms with Gasteiger partial charge in [-0.05, 0) is 54.0 Å². The van der Waals surface area contributed by atoms with Crippen LogP contribution in [0.5, 0.6) is 0 Å². The van der Waals surface area contributed by atoms with E-state index >= 15 is 0 Å². The predicted octanol–water partition coefficient (Wildman–Crippen LogP) is 4.44. The molecule has 1 N–H and O–H groups in total. The van der Waals surface area contributed by atoms with Crippen molar-refractivity contribution >= 4 is 17.5 Å². The van der Waals surface area contributed by atoms with E-state index in [1.54, 1.807) is 24.5 Å². The Hall–Kier alpha value is -5.18. The van der Waals surface area contributed by atoms with Gasteiger partial charge in [0.2, 0.25) is 11.7 Å². The molecular formula is C31H29N7O2. The third kappa shape index (κ3) is 6.10. The van der Waals surface area contributed by atoms with E-state index in [1.165, 1.54) is 9.70 Å². The smallest absolute Gasteiger partial charge is 0.251 e. The standard InChI is InChI=1S/C31H29N7O2/c1-22-12-14-26(15-13-22)30-34-36-37(35-30)21-28(39)38(27-11-7-6-8-23(27)2)29(25-16-18-32-19-17-25)31(40)33-20-24-9-4-3-5-10-24/h3-19,29H,20-21H2,1-2H3,(H,33,40). The molecule has 40 heavy (non-hydrogen) atoms. The molecule has 0 spiro atoms. The Kier molecular flexibility index (Phi) is 8.01. The lowest BCUT2D eigenvalue weighted by atomic mass is 10.0. The second-order valence-corrected chi connectivity index (χ2v) is 9.45. The summed E-state index contributed by atoms with van der Waals surface area (Å²) in [5, 5.41) is 15.7. The van der Waals surface area contributed by atoms with Crippen molar-refractivity contribution in [3.63, 3.8) is 0 Å². The maximum atomic E-state index is 14.1. The second kappa shape index (κ2) is 12.1. The first-order chi connectivity index (χ1) is 19.5. The molecule has 2 aromatic heterocycles. The SMILES string of the molecule is Cc1ccc(-c2nnn(CC(=O)N(c3ccccc3C)C(C(=O)NCc3ccccc3)c3ccncc3)n2)cc1. The summed E-state index contributed by atoms with van der Waals surface area (Å²) >= 11 is 0. The van der Waals surface area contributed by atoms with Gasteiger partial charge in [0.25, 0.3) is 5.91 Å². The second-order valence-electron chi connectivity index (χ2n) is 9.45. The van der Waals surface area contributed by atoms with Crippen molar-refractivity contribution in [1.29, 1.82) is 0 Å². The minimum Gasteiger partial charge on any atom is -0.350 e. The van der Waals surface area contributed by atoms with Crippen LogP contribution in [-0.4, -0.2) is 37.0 Å². The molecule has 9 nitrogen and oxygen atoms in total. The van der Waals surface area contributed by atoms with Crippen LogP contribution in [0, 0.1) is 13.8 Å². The van der Waals surface area contributed by atoms with Gasteiger partial charge in [-0.25, -0.2) is 0 Å². The molecule has 0 saturated carbocycles. The summed E-state index contributed by atoms with van der Waals surface area (Å²) in [7, 11) is 0. The Labute approximate surface area is 232 Å². The molecule has 0 fully saturated rings. The highest BCUT2D eigenvalue weighted by atomic mass is 16.2. The lowest BCUT2D eigenvalue weighted by Crippen LogP contribution is -2.45. The molecule has 1 unspecified atom stereocenters. The highest BCUT2D eigenvalue weighted by molar-refractivity contribution is 6.01. The molecule has 5 aromatic rings. The molecular weight excluding hydrogens is 502 g/mol. The van der Waals surface area contributed by atoms with Crippen molar-refractivity contribution < 1.29 is 9.59 Å². The van der Waals surface area contributed by atoms with Crippen LogP contribution in [0.1, 0.15) is 28.3 Å². The fraction of sp³-hybridized carbons (Fsp3) is 0.161. The minimum atomic E-state index is -0.958. The first-order valence-corrected chi connectivity index (χ1v) is 12.9. The van der Waals surface area contributed by atoms with E-state index in [9.17, 15) is 9.59 Å². The van der Waals surface area contributed by atoms with Crippen molar-refractivity contribution in [2.45, 2.75) is 33.0 Å². The Balaban J connectivity index is 1.49. The van der Waals surface area contributed by atoms with Gasteiger partial charge in [-0.15, -0.1) is 10.2 Å². The number of carbonyl (C=O) groups excluding carboxylic acids is 2. The number of nitrogens with one attached hydrogen (secondary N) is 1. The third-order valence-electron chi connectivity index (χ3n) is 6.52. The van der Waals surface area contributed by atoms with Gasteiger partial charge in [0.1, 0.15) is 12.6 Å². The van der Waals surface area contributed by atoms with E-state index in [2.05, 4.69) is 25.7 Å². The summed E-state index contributed by atoms with van der Waals surface area (Å²) in [6, 6.07) is 27.4. The number of amides is 2. The number of nitrogens with zero attached hydrogens (tertiary/aromatic N) is 6. The average Bonchev–Trinajstić information content (AvgIpc) is 3.45. The van der Waals surface area contributed by atoms with Gasteiger partial charge in [-0.3, -0.25) is 19.5 Å². The summed E-state index contributed by atoms with van der Waals surface area (Å²) < 4.78 is 0. The number of anilines is 1. The summed E-state index contributed by atoms with van der Waals surface area (Å²) in [6.45, 7) is 4.02. The number of tetrazole rings is 1.